The molecule has 1 nitrogen and oxygen atoms in total. The van der Waals surface area contributed by atoms with Crippen molar-refractivity contribution in [3.8, 4) is 0 Å². The van der Waals surface area contributed by atoms with Crippen molar-refractivity contribution < 1.29 is 0 Å². The number of aliphatic imine (C=N–C) groups is 1. The van der Waals surface area contributed by atoms with Crippen LogP contribution >= 0.6 is 0 Å². The van der Waals surface area contributed by atoms with E-state index in [4.69, 9.17) is 4.99 Å². The molecule has 1 aliphatic carbocycles. The minimum Gasteiger partial charge on any atom is -0.265 e. The Hall–Kier alpha value is -1.63. The fourth-order valence-electron chi connectivity index (χ4n) is 2.91. The summed E-state index contributed by atoms with van der Waals surface area (Å²) in [6, 6.07) is 0. The van der Waals surface area contributed by atoms with Crippen LogP contribution in [0.25, 0.3) is 0 Å². The van der Waals surface area contributed by atoms with E-state index in [0.29, 0.717) is 11.8 Å². The molecule has 0 N–H and O–H groups in total. The van der Waals surface area contributed by atoms with Gasteiger partial charge in [0.2, 0.25) is 0 Å². The molecule has 2 rings (SSSR count). The lowest BCUT2D eigenvalue weighted by atomic mass is 9.89. The van der Waals surface area contributed by atoms with Gasteiger partial charge < -0.3 is 0 Å². The maximum absolute atomic E-state index is 4.81. The van der Waals surface area contributed by atoms with Crippen LogP contribution in [0.1, 0.15) is 46.5 Å². The van der Waals surface area contributed by atoms with Crippen molar-refractivity contribution in [3.63, 3.8) is 0 Å². The Morgan fingerprint density at radius 2 is 2.14 bits per heavy atom. The molecule has 0 saturated carbocycles. The van der Waals surface area contributed by atoms with Crippen molar-refractivity contribution in [1.29, 1.82) is 0 Å². The number of hydrogen-bond donors (Lipinski definition) is 0. The first kappa shape index (κ1) is 15.8. The van der Waals surface area contributed by atoms with Crippen LogP contribution in [0.15, 0.2) is 64.4 Å². The molecule has 2 atom stereocenters. The Morgan fingerprint density at radius 1 is 1.29 bits per heavy atom. The Bertz CT molecular complexity index is 526. The maximum atomic E-state index is 4.81. The summed E-state index contributed by atoms with van der Waals surface area (Å²) in [6.45, 7) is 6.73. The molecule has 2 unspecified atom stereocenters. The van der Waals surface area contributed by atoms with Gasteiger partial charge in [-0.1, -0.05) is 68.9 Å². The zero-order valence-electron chi connectivity index (χ0n) is 13.5. The highest BCUT2D eigenvalue weighted by Crippen LogP contribution is 2.28. The smallest absolute Gasteiger partial charge is 0.0391 e. The minimum absolute atomic E-state index is 0.309. The van der Waals surface area contributed by atoms with Crippen molar-refractivity contribution in [2.45, 2.75) is 46.5 Å². The average molecular weight is 281 g/mol. The topological polar surface area (TPSA) is 12.4 Å². The number of hydrogen-bond acceptors (Lipinski definition) is 1. The predicted molar refractivity (Wildman–Crippen MR) is 93.5 cm³/mol. The van der Waals surface area contributed by atoms with E-state index in [1.54, 1.807) is 5.57 Å². The van der Waals surface area contributed by atoms with Crippen molar-refractivity contribution in [2.24, 2.45) is 16.8 Å². The predicted octanol–water partition coefficient (Wildman–Crippen LogP) is 5.79. The molecular weight excluding hydrogens is 254 g/mol. The van der Waals surface area contributed by atoms with E-state index in [0.717, 1.165) is 25.7 Å². The summed E-state index contributed by atoms with van der Waals surface area (Å²) in [7, 11) is 0. The summed E-state index contributed by atoms with van der Waals surface area (Å²) >= 11 is 0. The van der Waals surface area contributed by atoms with Crippen LogP contribution in [-0.2, 0) is 0 Å². The SMILES string of the molecule is CC/C=C1\N=C/C(C2=CCC=CC=C2)C=C(CC)CC1C. The minimum atomic E-state index is 0.309. The summed E-state index contributed by atoms with van der Waals surface area (Å²) < 4.78 is 0. The number of rotatable bonds is 3. The lowest BCUT2D eigenvalue weighted by molar-refractivity contribution is 0.640. The number of nitrogens with zero attached hydrogens (tertiary/aromatic N) is 1. The fraction of sp³-hybridized carbons (Fsp3) is 0.450. The summed E-state index contributed by atoms with van der Waals surface area (Å²) in [5, 5.41) is 0. The van der Waals surface area contributed by atoms with Gasteiger partial charge in [-0.05, 0) is 31.3 Å². The standard InChI is InChI=1S/C20H27N/c1-4-10-20-16(3)13-17(5-2)14-19(15-21-20)18-11-8-6-7-9-12-18/h6-8,10-12,14-16,19H,4-5,9,13H2,1-3H3/b17-14?,20-10-,21-15-. The third-order valence-electron chi connectivity index (χ3n) is 4.15. The van der Waals surface area contributed by atoms with Crippen LogP contribution in [-0.4, -0.2) is 6.21 Å². The maximum Gasteiger partial charge on any atom is 0.0391 e. The molecule has 0 fully saturated rings. The summed E-state index contributed by atoms with van der Waals surface area (Å²) in [4.78, 5) is 4.81. The van der Waals surface area contributed by atoms with E-state index in [9.17, 15) is 0 Å². The molecule has 1 aliphatic heterocycles. The molecule has 0 amide bonds. The van der Waals surface area contributed by atoms with E-state index in [2.05, 4.69) is 69.5 Å². The van der Waals surface area contributed by atoms with Crippen LogP contribution in [0.5, 0.6) is 0 Å². The average Bonchev–Trinajstić information content (AvgIpc) is 2.76. The molecule has 1 heterocycles. The first-order valence-corrected chi connectivity index (χ1v) is 8.21. The lowest BCUT2D eigenvalue weighted by Gasteiger charge is -2.20. The molecule has 0 spiro atoms. The van der Waals surface area contributed by atoms with Gasteiger partial charge in [0, 0.05) is 23.7 Å². The zero-order chi connectivity index (χ0) is 15.1. The van der Waals surface area contributed by atoms with Crippen molar-refractivity contribution >= 4 is 6.21 Å². The van der Waals surface area contributed by atoms with Crippen LogP contribution in [0.3, 0.4) is 0 Å². The highest BCUT2D eigenvalue weighted by atomic mass is 14.7. The molecule has 0 radical (unpaired) electrons. The van der Waals surface area contributed by atoms with E-state index < -0.39 is 0 Å². The Morgan fingerprint density at radius 3 is 2.90 bits per heavy atom. The third-order valence-corrected chi connectivity index (χ3v) is 4.15. The molecule has 0 aromatic heterocycles. The monoisotopic (exact) mass is 281 g/mol. The van der Waals surface area contributed by atoms with E-state index >= 15 is 0 Å². The molecule has 0 saturated heterocycles. The fourth-order valence-corrected chi connectivity index (χ4v) is 2.91. The quantitative estimate of drug-likeness (QED) is 0.581. The summed E-state index contributed by atoms with van der Waals surface area (Å²) in [5.41, 5.74) is 4.16. The van der Waals surface area contributed by atoms with Gasteiger partial charge in [0.1, 0.15) is 0 Å². The van der Waals surface area contributed by atoms with Gasteiger partial charge in [-0.3, -0.25) is 4.99 Å². The van der Waals surface area contributed by atoms with Gasteiger partial charge in [-0.25, -0.2) is 0 Å². The van der Waals surface area contributed by atoms with Gasteiger partial charge in [-0.15, -0.1) is 0 Å². The first-order chi connectivity index (χ1) is 10.2. The van der Waals surface area contributed by atoms with E-state index in [1.807, 2.05) is 0 Å². The van der Waals surface area contributed by atoms with Gasteiger partial charge >= 0.3 is 0 Å². The molecule has 112 valence electrons. The first-order valence-electron chi connectivity index (χ1n) is 8.21. The van der Waals surface area contributed by atoms with Gasteiger partial charge in [0.15, 0.2) is 0 Å². The van der Waals surface area contributed by atoms with Crippen molar-refractivity contribution in [1.82, 2.24) is 0 Å². The van der Waals surface area contributed by atoms with Crippen molar-refractivity contribution in [3.05, 3.63) is 59.4 Å². The molecule has 0 aromatic rings. The third kappa shape index (κ3) is 4.42. The van der Waals surface area contributed by atoms with E-state index in [-0.39, 0.29) is 0 Å². The van der Waals surface area contributed by atoms with Crippen LogP contribution in [0.4, 0.5) is 0 Å². The highest BCUT2D eigenvalue weighted by Gasteiger charge is 2.16. The lowest BCUT2D eigenvalue weighted by Crippen LogP contribution is -2.10. The van der Waals surface area contributed by atoms with E-state index in [1.165, 1.54) is 11.3 Å². The summed E-state index contributed by atoms with van der Waals surface area (Å²) in [5.74, 6) is 0.831. The Kier molecular flexibility index (Phi) is 5.98. The van der Waals surface area contributed by atoms with Gasteiger partial charge in [0.05, 0.1) is 0 Å². The Labute approximate surface area is 129 Å². The summed E-state index contributed by atoms with van der Waals surface area (Å²) in [6.07, 6.45) is 22.1. The second kappa shape index (κ2) is 7.97. The molecule has 0 bridgehead atoms. The highest BCUT2D eigenvalue weighted by molar-refractivity contribution is 5.71. The second-order valence-corrected chi connectivity index (χ2v) is 5.85. The molecule has 2 aliphatic rings. The number of allylic oxidation sites excluding steroid dienone is 10. The Balaban J connectivity index is 2.32. The second-order valence-electron chi connectivity index (χ2n) is 5.85. The zero-order valence-corrected chi connectivity index (χ0v) is 13.5. The molecule has 0 aromatic carbocycles. The molecule has 21 heavy (non-hydrogen) atoms. The largest absolute Gasteiger partial charge is 0.265 e. The van der Waals surface area contributed by atoms with Crippen molar-refractivity contribution in [2.75, 3.05) is 0 Å². The van der Waals surface area contributed by atoms with Crippen LogP contribution in [0.2, 0.25) is 0 Å². The van der Waals surface area contributed by atoms with Gasteiger partial charge in [-0.2, -0.15) is 0 Å². The molecule has 1 heteroatoms. The van der Waals surface area contributed by atoms with Gasteiger partial charge in [0.25, 0.3) is 0 Å². The normalized spacial score (nSPS) is 29.4. The van der Waals surface area contributed by atoms with Crippen LogP contribution < -0.4 is 0 Å². The molecular formula is C20H27N. The van der Waals surface area contributed by atoms with Crippen LogP contribution in [0, 0.1) is 11.8 Å².